The number of rotatable bonds is 4. The van der Waals surface area contributed by atoms with Gasteiger partial charge in [-0.3, -0.25) is 10.1 Å². The summed E-state index contributed by atoms with van der Waals surface area (Å²) in [6, 6.07) is 11.2. The van der Waals surface area contributed by atoms with E-state index in [-0.39, 0.29) is 16.6 Å². The second kappa shape index (κ2) is 9.06. The molecule has 0 aliphatic heterocycles. The third-order valence-corrected chi connectivity index (χ3v) is 5.79. The third-order valence-electron chi connectivity index (χ3n) is 5.79. The molecule has 1 amide bonds. The Hall–Kier alpha value is -3.29. The monoisotopic (exact) mass is 444 g/mol. The zero-order valence-corrected chi connectivity index (χ0v) is 17.3. The fourth-order valence-corrected chi connectivity index (χ4v) is 4.15. The van der Waals surface area contributed by atoms with Gasteiger partial charge in [0.25, 0.3) is 5.56 Å². The molecule has 168 valence electrons. The molecule has 0 saturated heterocycles. The molecule has 2 aromatic carbocycles. The van der Waals surface area contributed by atoms with Crippen molar-refractivity contribution in [2.45, 2.75) is 38.3 Å². The predicted octanol–water partition coefficient (Wildman–Crippen LogP) is 6.34. The number of ether oxygens (including phenoxy) is 1. The maximum absolute atomic E-state index is 13.4. The number of alkyl halides is 3. The molecule has 1 aliphatic rings. The summed E-state index contributed by atoms with van der Waals surface area (Å²) >= 11 is 0. The van der Waals surface area contributed by atoms with Crippen LogP contribution in [-0.2, 0) is 10.9 Å². The van der Waals surface area contributed by atoms with Crippen LogP contribution < -0.4 is 10.9 Å². The molecular formula is C24H23F3N2O3. The number of anilines is 1. The van der Waals surface area contributed by atoms with Gasteiger partial charge in [-0.1, -0.05) is 43.5 Å². The molecule has 1 fully saturated rings. The molecular weight excluding hydrogens is 421 g/mol. The van der Waals surface area contributed by atoms with Gasteiger partial charge in [0.2, 0.25) is 0 Å². The Labute approximate surface area is 182 Å². The van der Waals surface area contributed by atoms with Crippen molar-refractivity contribution in [3.8, 4) is 11.3 Å². The van der Waals surface area contributed by atoms with Gasteiger partial charge < -0.3 is 9.72 Å². The number of pyridine rings is 1. The fraction of sp³-hybridized carbons (Fsp3) is 0.333. The maximum atomic E-state index is 13.4. The Morgan fingerprint density at radius 2 is 1.81 bits per heavy atom. The molecule has 0 spiro atoms. The highest BCUT2D eigenvalue weighted by Crippen LogP contribution is 2.36. The van der Waals surface area contributed by atoms with Crippen molar-refractivity contribution < 1.29 is 22.7 Å². The van der Waals surface area contributed by atoms with E-state index >= 15 is 0 Å². The van der Waals surface area contributed by atoms with Crippen molar-refractivity contribution >= 4 is 22.6 Å². The van der Waals surface area contributed by atoms with Gasteiger partial charge in [-0.05, 0) is 48.4 Å². The SMILES string of the molecule is O=C(Nc1ccc2cc(-c3ccccc3C(F)(F)F)[nH]c(=O)c2c1)OCC1CCCCC1. The van der Waals surface area contributed by atoms with Gasteiger partial charge in [-0.15, -0.1) is 0 Å². The first-order valence-electron chi connectivity index (χ1n) is 10.6. The molecule has 0 unspecified atom stereocenters. The Morgan fingerprint density at radius 3 is 2.56 bits per heavy atom. The largest absolute Gasteiger partial charge is 0.449 e. The average Bonchev–Trinajstić information content (AvgIpc) is 2.78. The van der Waals surface area contributed by atoms with Crippen molar-refractivity contribution in [3.05, 3.63) is 64.4 Å². The van der Waals surface area contributed by atoms with E-state index in [9.17, 15) is 22.8 Å². The standard InChI is InChI=1S/C24H23F3N2O3/c25-24(26,27)20-9-5-4-8-18(20)21-12-16-10-11-17(13-19(16)22(30)29-21)28-23(31)32-14-15-6-2-1-3-7-15/h4-5,8-13,15H,1-3,6-7,14H2,(H,28,31)(H,29,30). The zero-order valence-electron chi connectivity index (χ0n) is 17.3. The van der Waals surface area contributed by atoms with Crippen LogP contribution in [0.5, 0.6) is 0 Å². The number of benzene rings is 2. The Bertz CT molecular complexity index is 1180. The van der Waals surface area contributed by atoms with Crippen LogP contribution >= 0.6 is 0 Å². The van der Waals surface area contributed by atoms with E-state index in [1.165, 1.54) is 36.8 Å². The van der Waals surface area contributed by atoms with Gasteiger partial charge >= 0.3 is 12.3 Å². The van der Waals surface area contributed by atoms with E-state index in [1.807, 2.05) is 0 Å². The van der Waals surface area contributed by atoms with Gasteiger partial charge in [0.15, 0.2) is 0 Å². The van der Waals surface area contributed by atoms with Crippen LogP contribution in [-0.4, -0.2) is 17.7 Å². The molecule has 1 aliphatic carbocycles. The van der Waals surface area contributed by atoms with Crippen LogP contribution in [0.25, 0.3) is 22.0 Å². The molecule has 1 heterocycles. The van der Waals surface area contributed by atoms with E-state index in [2.05, 4.69) is 10.3 Å². The minimum atomic E-state index is -4.55. The van der Waals surface area contributed by atoms with Crippen molar-refractivity contribution in [2.75, 3.05) is 11.9 Å². The number of aromatic nitrogens is 1. The summed E-state index contributed by atoms with van der Waals surface area (Å²) in [7, 11) is 0. The number of amides is 1. The number of carbonyl (C=O) groups excluding carboxylic acids is 1. The molecule has 1 saturated carbocycles. The van der Waals surface area contributed by atoms with Crippen molar-refractivity contribution in [1.82, 2.24) is 4.98 Å². The lowest BCUT2D eigenvalue weighted by Gasteiger charge is -2.21. The van der Waals surface area contributed by atoms with E-state index < -0.39 is 23.4 Å². The van der Waals surface area contributed by atoms with Crippen LogP contribution in [0.2, 0.25) is 0 Å². The molecule has 2 N–H and O–H groups in total. The van der Waals surface area contributed by atoms with E-state index in [0.29, 0.717) is 23.6 Å². The highest BCUT2D eigenvalue weighted by molar-refractivity contribution is 5.92. The second-order valence-corrected chi connectivity index (χ2v) is 8.09. The molecule has 1 aromatic heterocycles. The number of nitrogens with one attached hydrogen (secondary N) is 2. The Morgan fingerprint density at radius 1 is 1.06 bits per heavy atom. The van der Waals surface area contributed by atoms with Crippen molar-refractivity contribution in [3.63, 3.8) is 0 Å². The Balaban J connectivity index is 1.54. The summed E-state index contributed by atoms with van der Waals surface area (Å²) < 4.78 is 45.4. The third kappa shape index (κ3) is 4.95. The number of hydrogen-bond acceptors (Lipinski definition) is 3. The van der Waals surface area contributed by atoms with Crippen LogP contribution in [0.15, 0.2) is 53.3 Å². The lowest BCUT2D eigenvalue weighted by molar-refractivity contribution is -0.137. The summed E-state index contributed by atoms with van der Waals surface area (Å²) in [5.41, 5.74) is -1.03. The Kier molecular flexibility index (Phi) is 6.21. The van der Waals surface area contributed by atoms with Crippen molar-refractivity contribution in [1.29, 1.82) is 0 Å². The summed E-state index contributed by atoms with van der Waals surface area (Å²) in [6.07, 6.45) is 0.488. The molecule has 3 aromatic rings. The highest BCUT2D eigenvalue weighted by atomic mass is 19.4. The first-order chi connectivity index (χ1) is 15.3. The van der Waals surface area contributed by atoms with Gasteiger partial charge in [-0.25, -0.2) is 4.79 Å². The first-order valence-corrected chi connectivity index (χ1v) is 10.6. The highest BCUT2D eigenvalue weighted by Gasteiger charge is 2.33. The second-order valence-electron chi connectivity index (χ2n) is 8.09. The molecule has 32 heavy (non-hydrogen) atoms. The number of hydrogen-bond donors (Lipinski definition) is 2. The molecule has 5 nitrogen and oxygen atoms in total. The predicted molar refractivity (Wildman–Crippen MR) is 117 cm³/mol. The van der Waals surface area contributed by atoms with Crippen LogP contribution in [0.1, 0.15) is 37.7 Å². The lowest BCUT2D eigenvalue weighted by Crippen LogP contribution is -2.20. The van der Waals surface area contributed by atoms with Crippen LogP contribution in [0.3, 0.4) is 0 Å². The number of halogens is 3. The first kappa shape index (κ1) is 21.9. The van der Waals surface area contributed by atoms with Gasteiger partial charge in [0.1, 0.15) is 0 Å². The molecule has 0 bridgehead atoms. The van der Waals surface area contributed by atoms with E-state index in [0.717, 1.165) is 31.7 Å². The van der Waals surface area contributed by atoms with Crippen LogP contribution in [0.4, 0.5) is 23.7 Å². The summed E-state index contributed by atoms with van der Waals surface area (Å²) in [5.74, 6) is 0.381. The normalized spacial score (nSPS) is 15.0. The minimum absolute atomic E-state index is 0.0722. The summed E-state index contributed by atoms with van der Waals surface area (Å²) in [5, 5.41) is 3.33. The molecule has 0 atom stereocenters. The average molecular weight is 444 g/mol. The quantitative estimate of drug-likeness (QED) is 0.493. The van der Waals surface area contributed by atoms with E-state index in [1.54, 1.807) is 12.1 Å². The maximum Gasteiger partial charge on any atom is 0.417 e. The van der Waals surface area contributed by atoms with Gasteiger partial charge in [0.05, 0.1) is 12.2 Å². The van der Waals surface area contributed by atoms with Crippen molar-refractivity contribution in [2.24, 2.45) is 5.92 Å². The topological polar surface area (TPSA) is 71.2 Å². The van der Waals surface area contributed by atoms with Gasteiger partial charge in [-0.2, -0.15) is 13.2 Å². The summed E-state index contributed by atoms with van der Waals surface area (Å²) in [4.78, 5) is 27.3. The molecule has 4 rings (SSSR count). The fourth-order valence-electron chi connectivity index (χ4n) is 4.15. The molecule has 8 heteroatoms. The number of aromatic amines is 1. The number of H-pyrrole nitrogens is 1. The van der Waals surface area contributed by atoms with Gasteiger partial charge in [0, 0.05) is 22.3 Å². The molecule has 0 radical (unpaired) electrons. The lowest BCUT2D eigenvalue weighted by atomic mass is 9.90. The van der Waals surface area contributed by atoms with Crippen LogP contribution in [0, 0.1) is 5.92 Å². The zero-order chi connectivity index (χ0) is 22.7. The summed E-state index contributed by atoms with van der Waals surface area (Å²) in [6.45, 7) is 0.363. The minimum Gasteiger partial charge on any atom is -0.449 e. The van der Waals surface area contributed by atoms with E-state index in [4.69, 9.17) is 4.74 Å². The number of fused-ring (bicyclic) bond motifs is 1. The smallest absolute Gasteiger partial charge is 0.417 e. The number of carbonyl (C=O) groups is 1.